The molecular weight excluding hydrogens is 772 g/mol. The van der Waals surface area contributed by atoms with Crippen molar-refractivity contribution in [1.82, 2.24) is 26.6 Å². The molecule has 1 fully saturated rings. The van der Waals surface area contributed by atoms with E-state index in [2.05, 4.69) is 32.7 Å². The van der Waals surface area contributed by atoms with Crippen LogP contribution in [0.3, 0.4) is 0 Å². The van der Waals surface area contributed by atoms with Crippen LogP contribution in [0.15, 0.2) is 90.3 Å². The van der Waals surface area contributed by atoms with Crippen molar-refractivity contribution in [1.29, 1.82) is 0 Å². The highest BCUT2D eigenvalue weighted by Crippen LogP contribution is 2.28. The Balaban J connectivity index is 1.29. The van der Waals surface area contributed by atoms with Gasteiger partial charge in [0.1, 0.15) is 12.3 Å². The minimum atomic E-state index is -3.74. The van der Waals surface area contributed by atoms with E-state index in [-0.39, 0.29) is 53.6 Å². The summed E-state index contributed by atoms with van der Waals surface area (Å²) in [4.78, 5) is 42.3. The number of sulfonamides is 1. The maximum Gasteiger partial charge on any atom is 0.251 e. The standard InChI is InChI=1S/C41H51ClN6O6S2/c1-25(2)36(37-41(54-37)44-24-35-16-11-17-55-35)47-38(49)27(4)43-23-33(18-28-12-8-7-9-13-28)46-40(51)31-19-30(21-34(22-31)48(5)56(6,52)53)39(50)45-26(3)29-14-10-15-32(42)20-29/h7-17,19-22,25-27,33,36-37,41,43-44H,18,23-24H2,1-6H3,(H,45,50)(H,46,51)(H,47,49)/t26-,27+,33+,36+,37?,41?/m1/s1. The number of hydrogen-bond acceptors (Lipinski definition) is 9. The van der Waals surface area contributed by atoms with E-state index in [0.717, 1.165) is 21.7 Å². The molecule has 3 aromatic carbocycles. The molecule has 300 valence electrons. The lowest BCUT2D eigenvalue weighted by molar-refractivity contribution is -0.124. The van der Waals surface area contributed by atoms with Gasteiger partial charge in [0.15, 0.2) is 0 Å². The zero-order valence-electron chi connectivity index (χ0n) is 32.4. The Hall–Kier alpha value is -4.31. The molecule has 0 bridgehead atoms. The number of nitrogens with one attached hydrogen (secondary N) is 5. The average Bonchev–Trinajstić information content (AvgIpc) is 3.73. The van der Waals surface area contributed by atoms with Crippen molar-refractivity contribution >= 4 is 56.4 Å². The van der Waals surface area contributed by atoms with E-state index in [1.807, 2.05) is 61.7 Å². The highest BCUT2D eigenvalue weighted by atomic mass is 35.5. The maximum absolute atomic E-state index is 14.0. The van der Waals surface area contributed by atoms with Crippen LogP contribution in [-0.4, -0.2) is 76.4 Å². The van der Waals surface area contributed by atoms with Crippen LogP contribution in [0.1, 0.15) is 70.5 Å². The van der Waals surface area contributed by atoms with Gasteiger partial charge in [-0.25, -0.2) is 8.42 Å². The molecule has 1 aliphatic heterocycles. The molecule has 1 saturated heterocycles. The predicted molar refractivity (Wildman–Crippen MR) is 222 cm³/mol. The van der Waals surface area contributed by atoms with Crippen molar-refractivity contribution in [3.05, 3.63) is 122 Å². The van der Waals surface area contributed by atoms with Gasteiger partial charge in [0.2, 0.25) is 15.9 Å². The summed E-state index contributed by atoms with van der Waals surface area (Å²) >= 11 is 7.84. The molecule has 1 aromatic heterocycles. The number of epoxide rings is 1. The van der Waals surface area contributed by atoms with Gasteiger partial charge < -0.3 is 26.0 Å². The van der Waals surface area contributed by atoms with Gasteiger partial charge in [-0.05, 0) is 79.1 Å². The minimum absolute atomic E-state index is 0.0915. The first-order valence-electron chi connectivity index (χ1n) is 18.5. The molecule has 15 heteroatoms. The van der Waals surface area contributed by atoms with Crippen molar-refractivity contribution in [3.8, 4) is 0 Å². The zero-order valence-corrected chi connectivity index (χ0v) is 34.8. The fourth-order valence-electron chi connectivity index (χ4n) is 6.23. The van der Waals surface area contributed by atoms with Crippen LogP contribution >= 0.6 is 22.9 Å². The van der Waals surface area contributed by atoms with Crippen LogP contribution in [0.4, 0.5) is 5.69 Å². The first-order chi connectivity index (χ1) is 26.6. The molecule has 3 amide bonds. The molecule has 56 heavy (non-hydrogen) atoms. The van der Waals surface area contributed by atoms with Crippen molar-refractivity contribution < 1.29 is 27.5 Å². The smallest absolute Gasteiger partial charge is 0.251 e. The Morgan fingerprint density at radius 3 is 2.20 bits per heavy atom. The Kier molecular flexibility index (Phi) is 14.7. The second-order valence-corrected chi connectivity index (χ2v) is 18.0. The van der Waals surface area contributed by atoms with Crippen LogP contribution < -0.4 is 30.9 Å². The van der Waals surface area contributed by atoms with E-state index in [9.17, 15) is 22.8 Å². The van der Waals surface area contributed by atoms with E-state index in [1.54, 1.807) is 43.4 Å². The SMILES string of the molecule is CC(C)[C@H](NC(=O)[C@H](C)NC[C@H](Cc1ccccc1)NC(=O)c1cc(C(=O)N[C@H](C)c2cccc(Cl)c2)cc(N(C)S(C)(=O)=O)c1)C1OC1NCc1cccs1. The summed E-state index contributed by atoms with van der Waals surface area (Å²) in [6.07, 6.45) is 1.18. The Morgan fingerprint density at radius 2 is 1.57 bits per heavy atom. The number of thiophene rings is 1. The number of ether oxygens (including phenoxy) is 1. The lowest BCUT2D eigenvalue weighted by Crippen LogP contribution is -2.53. The molecule has 0 aliphatic carbocycles. The molecule has 2 unspecified atom stereocenters. The fourth-order valence-corrected chi connectivity index (χ4v) is 7.57. The molecule has 12 nitrogen and oxygen atoms in total. The van der Waals surface area contributed by atoms with E-state index < -0.39 is 40.0 Å². The van der Waals surface area contributed by atoms with Gasteiger partial charge in [-0.3, -0.25) is 24.0 Å². The number of carbonyl (C=O) groups is 3. The first-order valence-corrected chi connectivity index (χ1v) is 21.6. The normalized spacial score (nSPS) is 17.4. The topological polar surface area (TPSA) is 161 Å². The summed E-state index contributed by atoms with van der Waals surface area (Å²) in [5.74, 6) is -1.09. The van der Waals surface area contributed by atoms with Crippen molar-refractivity contribution in [3.63, 3.8) is 0 Å². The zero-order chi connectivity index (χ0) is 40.6. The van der Waals surface area contributed by atoms with Gasteiger partial charge in [-0.15, -0.1) is 11.3 Å². The third-order valence-corrected chi connectivity index (χ3v) is 12.0. The van der Waals surface area contributed by atoms with Gasteiger partial charge in [0, 0.05) is 47.2 Å². The number of hydrogen-bond donors (Lipinski definition) is 5. The number of rotatable bonds is 19. The number of amides is 3. The van der Waals surface area contributed by atoms with Crippen LogP contribution in [-0.2, 0) is 32.5 Å². The van der Waals surface area contributed by atoms with Gasteiger partial charge >= 0.3 is 0 Å². The van der Waals surface area contributed by atoms with E-state index in [1.165, 1.54) is 30.1 Å². The molecule has 0 saturated carbocycles. The molecule has 0 spiro atoms. The lowest BCUT2D eigenvalue weighted by atomic mass is 10.00. The van der Waals surface area contributed by atoms with Crippen LogP contribution in [0.5, 0.6) is 0 Å². The predicted octanol–water partition coefficient (Wildman–Crippen LogP) is 5.26. The largest absolute Gasteiger partial charge is 0.351 e. The third kappa shape index (κ3) is 12.1. The highest BCUT2D eigenvalue weighted by Gasteiger charge is 2.46. The van der Waals surface area contributed by atoms with Gasteiger partial charge in [0.05, 0.1) is 30.1 Å². The third-order valence-electron chi connectivity index (χ3n) is 9.69. The maximum atomic E-state index is 14.0. The summed E-state index contributed by atoms with van der Waals surface area (Å²) in [5.41, 5.74) is 2.08. The van der Waals surface area contributed by atoms with Crippen LogP contribution in [0.25, 0.3) is 0 Å². The van der Waals surface area contributed by atoms with Gasteiger partial charge in [-0.1, -0.05) is 74.0 Å². The van der Waals surface area contributed by atoms with Crippen molar-refractivity contribution in [2.24, 2.45) is 5.92 Å². The number of nitrogens with zero attached hydrogens (tertiary/aromatic N) is 1. The summed E-state index contributed by atoms with van der Waals surface area (Å²) < 4.78 is 32.1. The first kappa shape index (κ1) is 42.8. The molecule has 0 radical (unpaired) electrons. The van der Waals surface area contributed by atoms with Gasteiger partial charge in [-0.2, -0.15) is 0 Å². The average molecular weight is 823 g/mol. The van der Waals surface area contributed by atoms with Gasteiger partial charge in [0.25, 0.3) is 11.8 Å². The number of anilines is 1. The summed E-state index contributed by atoms with van der Waals surface area (Å²) in [6, 6.07) is 23.4. The second-order valence-electron chi connectivity index (χ2n) is 14.5. The monoisotopic (exact) mass is 822 g/mol. The Labute approximate surface area is 338 Å². The van der Waals surface area contributed by atoms with E-state index in [4.69, 9.17) is 16.3 Å². The summed E-state index contributed by atoms with van der Waals surface area (Å²) in [7, 11) is -2.38. The molecule has 4 aromatic rings. The van der Waals surface area contributed by atoms with Crippen LogP contribution in [0, 0.1) is 5.92 Å². The fraction of sp³-hybridized carbons (Fsp3) is 0.390. The highest BCUT2D eigenvalue weighted by molar-refractivity contribution is 7.92. The number of halogens is 1. The molecule has 5 N–H and O–H groups in total. The molecular formula is C41H51ClN6O6S2. The molecule has 6 atom stereocenters. The number of carbonyl (C=O) groups excluding carboxylic acids is 3. The quantitative estimate of drug-likeness (QED) is 0.0801. The molecule has 2 heterocycles. The Morgan fingerprint density at radius 1 is 0.875 bits per heavy atom. The summed E-state index contributed by atoms with van der Waals surface area (Å²) in [5, 5.41) is 18.4. The summed E-state index contributed by atoms with van der Waals surface area (Å²) in [6.45, 7) is 8.60. The lowest BCUT2D eigenvalue weighted by Gasteiger charge is -2.25. The van der Waals surface area contributed by atoms with Crippen molar-refractivity contribution in [2.45, 2.75) is 77.2 Å². The van der Waals surface area contributed by atoms with E-state index in [0.29, 0.717) is 18.0 Å². The second kappa shape index (κ2) is 19.2. The van der Waals surface area contributed by atoms with Crippen molar-refractivity contribution in [2.75, 3.05) is 24.2 Å². The molecule has 1 aliphatic rings. The number of benzene rings is 3. The molecule has 5 rings (SSSR count). The van der Waals surface area contributed by atoms with Crippen LogP contribution in [0.2, 0.25) is 5.02 Å². The van der Waals surface area contributed by atoms with E-state index >= 15 is 0 Å². The minimum Gasteiger partial charge on any atom is -0.351 e. The Bertz CT molecular complexity index is 2070.